The molecule has 20 heavy (non-hydrogen) atoms. The number of allylic oxidation sites excluding steroid dienone is 2. The van der Waals surface area contributed by atoms with Crippen LogP contribution in [0.15, 0.2) is 71.8 Å². The van der Waals surface area contributed by atoms with Crippen molar-refractivity contribution in [2.24, 2.45) is 0 Å². The first-order valence-corrected chi connectivity index (χ1v) is 7.49. The summed E-state index contributed by atoms with van der Waals surface area (Å²) in [6, 6.07) is 21.9. The maximum atomic E-state index is 2.40. The highest BCUT2D eigenvalue weighted by atomic mass is 14.6. The van der Waals surface area contributed by atoms with Gasteiger partial charge in [-0.25, -0.2) is 0 Å². The molecule has 100 valence electrons. The fourth-order valence-electron chi connectivity index (χ4n) is 3.66. The van der Waals surface area contributed by atoms with Gasteiger partial charge in [0.2, 0.25) is 0 Å². The third kappa shape index (κ3) is 1.61. The van der Waals surface area contributed by atoms with Crippen LogP contribution in [0, 0.1) is 0 Å². The lowest BCUT2D eigenvalue weighted by molar-refractivity contribution is 0.805. The van der Waals surface area contributed by atoms with Crippen LogP contribution < -0.4 is 0 Å². The summed E-state index contributed by atoms with van der Waals surface area (Å²) < 4.78 is 0. The smallest absolute Gasteiger partial charge is 0.0174 e. The third-order valence-corrected chi connectivity index (χ3v) is 5.33. The zero-order valence-corrected chi connectivity index (χ0v) is 12.2. The molecular weight excluding hydrogens is 240 g/mol. The molecule has 0 aromatic heterocycles. The van der Waals surface area contributed by atoms with E-state index in [2.05, 4.69) is 74.5 Å². The Morgan fingerprint density at radius 3 is 1.30 bits per heavy atom. The van der Waals surface area contributed by atoms with Crippen molar-refractivity contribution in [1.82, 2.24) is 0 Å². The lowest BCUT2D eigenvalue weighted by Crippen LogP contribution is -2.02. The topological polar surface area (TPSA) is 0 Å². The van der Waals surface area contributed by atoms with Crippen molar-refractivity contribution < 1.29 is 0 Å². The van der Waals surface area contributed by atoms with Gasteiger partial charge in [-0.3, -0.25) is 0 Å². The van der Waals surface area contributed by atoms with E-state index >= 15 is 0 Å². The van der Waals surface area contributed by atoms with Gasteiger partial charge in [-0.05, 0) is 24.0 Å². The highest BCUT2D eigenvalue weighted by Gasteiger charge is 2.56. The van der Waals surface area contributed by atoms with Gasteiger partial charge in [0, 0.05) is 10.8 Å². The normalized spacial score (nSPS) is 34.9. The third-order valence-electron chi connectivity index (χ3n) is 5.33. The van der Waals surface area contributed by atoms with Crippen LogP contribution in [0.1, 0.15) is 37.8 Å². The average molecular weight is 260 g/mol. The second kappa shape index (κ2) is 3.85. The van der Waals surface area contributed by atoms with Crippen molar-refractivity contribution in [3.63, 3.8) is 0 Å². The first-order chi connectivity index (χ1) is 9.64. The largest absolute Gasteiger partial charge is 0.0622 e. The Balaban J connectivity index is 1.69. The maximum absolute atomic E-state index is 2.40. The summed E-state index contributed by atoms with van der Waals surface area (Å²) in [6.07, 6.45) is 2.49. The molecular formula is C20H20. The number of hydrogen-bond acceptors (Lipinski definition) is 0. The second-order valence-corrected chi connectivity index (χ2v) is 6.71. The molecule has 2 unspecified atom stereocenters. The quantitative estimate of drug-likeness (QED) is 0.666. The van der Waals surface area contributed by atoms with Gasteiger partial charge < -0.3 is 0 Å². The predicted octanol–water partition coefficient (Wildman–Crippen LogP) is 5.01. The van der Waals surface area contributed by atoms with Crippen molar-refractivity contribution >= 4 is 0 Å². The minimum absolute atomic E-state index is 0.309. The average Bonchev–Trinajstić information content (AvgIpc) is 3.38. The minimum Gasteiger partial charge on any atom is -0.0622 e. The van der Waals surface area contributed by atoms with Gasteiger partial charge >= 0.3 is 0 Å². The van der Waals surface area contributed by atoms with Crippen LogP contribution in [0.2, 0.25) is 0 Å². The zero-order valence-electron chi connectivity index (χ0n) is 12.2. The summed E-state index contributed by atoms with van der Waals surface area (Å²) in [5, 5.41) is 0. The van der Waals surface area contributed by atoms with E-state index in [-0.39, 0.29) is 0 Å². The number of hydrogen-bond donors (Lipinski definition) is 0. The van der Waals surface area contributed by atoms with Crippen molar-refractivity contribution in [3.8, 4) is 0 Å². The minimum atomic E-state index is 0.309. The fourth-order valence-corrected chi connectivity index (χ4v) is 3.66. The predicted molar refractivity (Wildman–Crippen MR) is 83.8 cm³/mol. The lowest BCUT2D eigenvalue weighted by Gasteiger charge is -2.10. The Kier molecular flexibility index (Phi) is 2.30. The number of rotatable bonds is 2. The summed E-state index contributed by atoms with van der Waals surface area (Å²) in [6.45, 7) is 4.79. The molecule has 2 aliphatic carbocycles. The Morgan fingerprint density at radius 2 is 0.950 bits per heavy atom. The molecule has 2 fully saturated rings. The van der Waals surface area contributed by atoms with Gasteiger partial charge in [-0.1, -0.05) is 85.7 Å². The fraction of sp³-hybridized carbons (Fsp3) is 0.300. The molecule has 0 bridgehead atoms. The molecule has 0 heteroatoms. The Morgan fingerprint density at radius 1 is 0.600 bits per heavy atom. The molecule has 4 rings (SSSR count). The SMILES string of the molecule is CC1(c2ccccc2)C/C1=C1\CC1(C)c1ccccc1. The van der Waals surface area contributed by atoms with Crippen LogP contribution >= 0.6 is 0 Å². The molecule has 0 nitrogen and oxygen atoms in total. The van der Waals surface area contributed by atoms with Crippen LogP contribution in [-0.2, 0) is 10.8 Å². The first-order valence-electron chi connectivity index (χ1n) is 7.49. The van der Waals surface area contributed by atoms with E-state index in [4.69, 9.17) is 0 Å². The summed E-state index contributed by atoms with van der Waals surface area (Å²) in [4.78, 5) is 0. The van der Waals surface area contributed by atoms with Crippen LogP contribution in [0.25, 0.3) is 0 Å². The van der Waals surface area contributed by atoms with Crippen LogP contribution in [0.4, 0.5) is 0 Å². The molecule has 2 aliphatic rings. The second-order valence-electron chi connectivity index (χ2n) is 6.71. The van der Waals surface area contributed by atoms with E-state index in [1.165, 1.54) is 24.0 Å². The monoisotopic (exact) mass is 260 g/mol. The standard InChI is InChI=1S/C20H20/c1-19(15-9-5-3-6-10-15)13-17(19)18-14-20(18,2)16-11-7-4-8-12-16/h3-12H,13-14H2,1-2H3/b18-17-. The molecule has 0 radical (unpaired) electrons. The van der Waals surface area contributed by atoms with Crippen LogP contribution in [-0.4, -0.2) is 0 Å². The highest BCUT2D eigenvalue weighted by molar-refractivity contribution is 5.61. The summed E-state index contributed by atoms with van der Waals surface area (Å²) in [7, 11) is 0. The molecule has 2 aromatic rings. The van der Waals surface area contributed by atoms with Gasteiger partial charge in [-0.2, -0.15) is 0 Å². The van der Waals surface area contributed by atoms with E-state index < -0.39 is 0 Å². The van der Waals surface area contributed by atoms with E-state index in [1.54, 1.807) is 11.1 Å². The van der Waals surface area contributed by atoms with E-state index in [9.17, 15) is 0 Å². The van der Waals surface area contributed by atoms with Gasteiger partial charge in [0.1, 0.15) is 0 Å². The number of benzene rings is 2. The molecule has 0 saturated heterocycles. The Hall–Kier alpha value is -1.82. The Bertz CT molecular complexity index is 619. The van der Waals surface area contributed by atoms with Crippen molar-refractivity contribution in [3.05, 3.63) is 82.9 Å². The molecule has 0 aliphatic heterocycles. The van der Waals surface area contributed by atoms with Gasteiger partial charge in [0.15, 0.2) is 0 Å². The molecule has 2 saturated carbocycles. The van der Waals surface area contributed by atoms with Crippen molar-refractivity contribution in [1.29, 1.82) is 0 Å². The molecule has 0 heterocycles. The van der Waals surface area contributed by atoms with Crippen LogP contribution in [0.5, 0.6) is 0 Å². The highest BCUT2D eigenvalue weighted by Crippen LogP contribution is 2.65. The van der Waals surface area contributed by atoms with Gasteiger partial charge in [-0.15, -0.1) is 0 Å². The van der Waals surface area contributed by atoms with Gasteiger partial charge in [0.25, 0.3) is 0 Å². The molecule has 0 amide bonds. The van der Waals surface area contributed by atoms with Crippen molar-refractivity contribution in [2.45, 2.75) is 37.5 Å². The lowest BCUT2D eigenvalue weighted by atomic mass is 9.94. The van der Waals surface area contributed by atoms with E-state index in [0.717, 1.165) is 0 Å². The maximum Gasteiger partial charge on any atom is 0.0174 e. The molecule has 0 N–H and O–H groups in total. The Labute approximate surface area is 121 Å². The summed E-state index contributed by atoms with van der Waals surface area (Å²) in [5.41, 5.74) is 6.95. The molecule has 0 spiro atoms. The van der Waals surface area contributed by atoms with Crippen LogP contribution in [0.3, 0.4) is 0 Å². The zero-order chi connectivity index (χ0) is 13.8. The van der Waals surface area contributed by atoms with E-state index in [1.807, 2.05) is 0 Å². The van der Waals surface area contributed by atoms with E-state index in [0.29, 0.717) is 10.8 Å². The molecule has 2 aromatic carbocycles. The molecule has 2 atom stereocenters. The summed E-state index contributed by atoms with van der Waals surface area (Å²) in [5.74, 6) is 0. The van der Waals surface area contributed by atoms with Gasteiger partial charge in [0.05, 0.1) is 0 Å². The van der Waals surface area contributed by atoms with Crippen molar-refractivity contribution in [2.75, 3.05) is 0 Å². The first kappa shape index (κ1) is 12.0. The summed E-state index contributed by atoms with van der Waals surface area (Å²) >= 11 is 0.